The van der Waals surface area contributed by atoms with Crippen molar-refractivity contribution in [3.05, 3.63) is 54.1 Å². The topological polar surface area (TPSA) is 116 Å². The molecule has 28 heavy (non-hydrogen) atoms. The molecule has 9 nitrogen and oxygen atoms in total. The number of rotatable bonds is 7. The van der Waals surface area contributed by atoms with Crippen LogP contribution < -0.4 is 10.6 Å². The lowest BCUT2D eigenvalue weighted by atomic mass is 10.00. The number of aromatic nitrogens is 5. The zero-order valence-electron chi connectivity index (χ0n) is 16.3. The van der Waals surface area contributed by atoms with Crippen LogP contribution in [0.1, 0.15) is 25.0 Å². The van der Waals surface area contributed by atoms with Crippen LogP contribution >= 0.6 is 0 Å². The molecule has 0 aliphatic carbocycles. The van der Waals surface area contributed by atoms with E-state index >= 15 is 0 Å². The van der Waals surface area contributed by atoms with Gasteiger partial charge < -0.3 is 15.7 Å². The Kier molecular flexibility index (Phi) is 6.05. The Hall–Kier alpha value is -3.20. The molecule has 0 amide bonds. The normalized spacial score (nSPS) is 13.9. The molecular weight excluding hydrogens is 356 g/mol. The third kappa shape index (κ3) is 4.95. The number of aliphatic imine (C=N–C) groups is 1. The molecule has 3 aromatic rings. The van der Waals surface area contributed by atoms with Crippen molar-refractivity contribution < 1.29 is 5.11 Å². The Morgan fingerprint density at radius 2 is 2.21 bits per heavy atom. The van der Waals surface area contributed by atoms with Crippen molar-refractivity contribution in [3.63, 3.8) is 0 Å². The summed E-state index contributed by atoms with van der Waals surface area (Å²) in [5, 5.41) is 28.0. The lowest BCUT2D eigenvalue weighted by molar-refractivity contribution is 0.0616. The lowest BCUT2D eigenvalue weighted by Crippen LogP contribution is -2.44. The van der Waals surface area contributed by atoms with Gasteiger partial charge in [-0.15, -0.1) is 0 Å². The first-order chi connectivity index (χ1) is 13.5. The van der Waals surface area contributed by atoms with Gasteiger partial charge in [-0.1, -0.05) is 18.2 Å². The standard InChI is InChI=1S/C19H26N8O/c1-4-20-18(22-12-19(2,28)16-10-25-27(3)11-16)21-9-14-6-5-7-15(8-14)17-23-13-24-26-17/h5-8,10-11,13,28H,4,9,12H2,1-3H3,(H2,20,21,22)(H,23,24,26). The van der Waals surface area contributed by atoms with Crippen LogP contribution in [0.4, 0.5) is 0 Å². The molecule has 4 N–H and O–H groups in total. The number of hydrogen-bond acceptors (Lipinski definition) is 5. The first-order valence-electron chi connectivity index (χ1n) is 9.16. The molecule has 0 fully saturated rings. The zero-order valence-corrected chi connectivity index (χ0v) is 16.3. The second-order valence-corrected chi connectivity index (χ2v) is 6.76. The molecule has 0 radical (unpaired) electrons. The van der Waals surface area contributed by atoms with Gasteiger partial charge in [-0.3, -0.25) is 9.78 Å². The van der Waals surface area contributed by atoms with Gasteiger partial charge in [0.2, 0.25) is 0 Å². The average molecular weight is 382 g/mol. The summed E-state index contributed by atoms with van der Waals surface area (Å²) in [6, 6.07) is 7.98. The van der Waals surface area contributed by atoms with Crippen molar-refractivity contribution in [3.8, 4) is 11.4 Å². The fourth-order valence-corrected chi connectivity index (χ4v) is 2.73. The Morgan fingerprint density at radius 1 is 1.36 bits per heavy atom. The number of nitrogens with zero attached hydrogens (tertiary/aromatic N) is 5. The van der Waals surface area contributed by atoms with Crippen molar-refractivity contribution >= 4 is 5.96 Å². The Morgan fingerprint density at radius 3 is 2.89 bits per heavy atom. The smallest absolute Gasteiger partial charge is 0.191 e. The van der Waals surface area contributed by atoms with E-state index in [4.69, 9.17) is 0 Å². The van der Waals surface area contributed by atoms with E-state index in [1.54, 1.807) is 24.0 Å². The molecular formula is C19H26N8O. The van der Waals surface area contributed by atoms with Crippen molar-refractivity contribution in [2.45, 2.75) is 26.0 Å². The van der Waals surface area contributed by atoms with E-state index in [0.717, 1.165) is 29.1 Å². The van der Waals surface area contributed by atoms with Gasteiger partial charge in [0.25, 0.3) is 0 Å². The van der Waals surface area contributed by atoms with E-state index in [-0.39, 0.29) is 0 Å². The van der Waals surface area contributed by atoms with Gasteiger partial charge in [0.1, 0.15) is 11.9 Å². The minimum Gasteiger partial charge on any atom is -0.383 e. The number of aromatic amines is 1. The molecule has 1 atom stereocenters. The van der Waals surface area contributed by atoms with Gasteiger partial charge in [0, 0.05) is 30.9 Å². The number of H-pyrrole nitrogens is 1. The van der Waals surface area contributed by atoms with Gasteiger partial charge in [-0.25, -0.2) is 9.98 Å². The third-order valence-corrected chi connectivity index (χ3v) is 4.31. The molecule has 0 bridgehead atoms. The quantitative estimate of drug-likeness (QED) is 0.360. The Labute approximate surface area is 163 Å². The zero-order chi connectivity index (χ0) is 20.0. The van der Waals surface area contributed by atoms with Crippen LogP contribution in [-0.2, 0) is 19.2 Å². The summed E-state index contributed by atoms with van der Waals surface area (Å²) in [5.74, 6) is 1.36. The number of nitrogens with one attached hydrogen (secondary N) is 3. The Balaban J connectivity index is 1.67. The second-order valence-electron chi connectivity index (χ2n) is 6.76. The van der Waals surface area contributed by atoms with Crippen LogP contribution in [0.2, 0.25) is 0 Å². The van der Waals surface area contributed by atoms with E-state index in [9.17, 15) is 5.11 Å². The van der Waals surface area contributed by atoms with Gasteiger partial charge in [0.15, 0.2) is 11.8 Å². The molecule has 9 heteroatoms. The molecule has 0 aliphatic rings. The summed E-state index contributed by atoms with van der Waals surface area (Å²) in [6.07, 6.45) is 4.96. The maximum atomic E-state index is 10.7. The van der Waals surface area contributed by atoms with E-state index < -0.39 is 5.60 Å². The number of aryl methyl sites for hydroxylation is 1. The molecule has 1 aromatic carbocycles. The fourth-order valence-electron chi connectivity index (χ4n) is 2.73. The maximum Gasteiger partial charge on any atom is 0.191 e. The summed E-state index contributed by atoms with van der Waals surface area (Å²) in [7, 11) is 1.82. The van der Waals surface area contributed by atoms with Crippen molar-refractivity contribution in [2.24, 2.45) is 12.0 Å². The molecule has 148 valence electrons. The number of benzene rings is 1. The first-order valence-corrected chi connectivity index (χ1v) is 9.16. The predicted octanol–water partition coefficient (Wildman–Crippen LogP) is 1.17. The summed E-state index contributed by atoms with van der Waals surface area (Å²) in [5.41, 5.74) is 1.70. The summed E-state index contributed by atoms with van der Waals surface area (Å²) < 4.78 is 1.67. The third-order valence-electron chi connectivity index (χ3n) is 4.31. The van der Waals surface area contributed by atoms with Gasteiger partial charge in [0.05, 0.1) is 19.3 Å². The van der Waals surface area contributed by atoms with E-state index in [1.165, 1.54) is 6.33 Å². The summed E-state index contributed by atoms with van der Waals surface area (Å²) in [4.78, 5) is 8.80. The highest BCUT2D eigenvalue weighted by molar-refractivity contribution is 5.79. The van der Waals surface area contributed by atoms with Crippen molar-refractivity contribution in [1.29, 1.82) is 0 Å². The molecule has 3 rings (SSSR count). The second kappa shape index (κ2) is 8.66. The van der Waals surface area contributed by atoms with Gasteiger partial charge in [-0.05, 0) is 25.5 Å². The predicted molar refractivity (Wildman–Crippen MR) is 107 cm³/mol. The molecule has 0 saturated carbocycles. The van der Waals surface area contributed by atoms with E-state index in [0.29, 0.717) is 19.0 Å². The van der Waals surface area contributed by atoms with Crippen molar-refractivity contribution in [1.82, 2.24) is 35.6 Å². The van der Waals surface area contributed by atoms with Crippen LogP contribution in [0.25, 0.3) is 11.4 Å². The van der Waals surface area contributed by atoms with E-state index in [1.807, 2.05) is 38.2 Å². The van der Waals surface area contributed by atoms with Crippen LogP contribution in [0.3, 0.4) is 0 Å². The van der Waals surface area contributed by atoms with Gasteiger partial charge >= 0.3 is 0 Å². The highest BCUT2D eigenvalue weighted by atomic mass is 16.3. The minimum atomic E-state index is -1.06. The SMILES string of the molecule is CCNC(=NCc1cccc(-c2ncn[nH]2)c1)NCC(C)(O)c1cnn(C)c1. The first kappa shape index (κ1) is 19.6. The van der Waals surface area contributed by atoms with Gasteiger partial charge in [-0.2, -0.15) is 10.2 Å². The molecule has 0 saturated heterocycles. The molecule has 2 aromatic heterocycles. The average Bonchev–Trinajstić information content (AvgIpc) is 3.36. The minimum absolute atomic E-state index is 0.308. The molecule has 0 aliphatic heterocycles. The van der Waals surface area contributed by atoms with Crippen LogP contribution in [-0.4, -0.2) is 49.1 Å². The number of hydrogen-bond donors (Lipinski definition) is 4. The van der Waals surface area contributed by atoms with Crippen LogP contribution in [0.15, 0.2) is 48.0 Å². The Bertz CT molecular complexity index is 914. The van der Waals surface area contributed by atoms with Crippen LogP contribution in [0.5, 0.6) is 0 Å². The number of guanidine groups is 1. The van der Waals surface area contributed by atoms with E-state index in [2.05, 4.69) is 35.9 Å². The van der Waals surface area contributed by atoms with Crippen LogP contribution in [0, 0.1) is 0 Å². The number of aliphatic hydroxyl groups is 1. The summed E-state index contributed by atoms with van der Waals surface area (Å²) >= 11 is 0. The maximum absolute atomic E-state index is 10.7. The largest absolute Gasteiger partial charge is 0.383 e. The lowest BCUT2D eigenvalue weighted by Gasteiger charge is -2.23. The molecule has 2 heterocycles. The van der Waals surface area contributed by atoms with Crippen molar-refractivity contribution in [2.75, 3.05) is 13.1 Å². The monoisotopic (exact) mass is 382 g/mol. The highest BCUT2D eigenvalue weighted by Gasteiger charge is 2.24. The molecule has 0 spiro atoms. The highest BCUT2D eigenvalue weighted by Crippen LogP contribution is 2.18. The summed E-state index contributed by atoms with van der Waals surface area (Å²) in [6.45, 7) is 5.27. The fraction of sp³-hybridized carbons (Fsp3) is 0.368. The molecule has 1 unspecified atom stereocenters.